The summed E-state index contributed by atoms with van der Waals surface area (Å²) in [6.07, 6.45) is 0.628. The van der Waals surface area contributed by atoms with Crippen molar-refractivity contribution in [1.29, 1.82) is 5.26 Å². The Labute approximate surface area is 97.5 Å². The summed E-state index contributed by atoms with van der Waals surface area (Å²) in [6.45, 7) is 0. The van der Waals surface area contributed by atoms with Gasteiger partial charge < -0.3 is 10.5 Å². The predicted octanol–water partition coefficient (Wildman–Crippen LogP) is 1.63. The zero-order chi connectivity index (χ0) is 11.8. The average molecular weight is 224 g/mol. The highest BCUT2D eigenvalue weighted by atomic mass is 16.5. The molecule has 82 valence electrons. The molecule has 17 heavy (non-hydrogen) atoms. The van der Waals surface area contributed by atoms with Crippen molar-refractivity contribution in [2.45, 2.75) is 6.42 Å². The van der Waals surface area contributed by atoms with E-state index in [-0.39, 0.29) is 5.82 Å². The van der Waals surface area contributed by atoms with Crippen LogP contribution in [0, 0.1) is 11.3 Å². The summed E-state index contributed by atoms with van der Waals surface area (Å²) in [6, 6.07) is 9.52. The number of nitrogens with zero attached hydrogens (tertiary/aromatic N) is 3. The van der Waals surface area contributed by atoms with Gasteiger partial charge in [0.15, 0.2) is 0 Å². The maximum absolute atomic E-state index is 8.77. The van der Waals surface area contributed by atoms with Gasteiger partial charge in [0.05, 0.1) is 5.56 Å². The second-order valence-corrected chi connectivity index (χ2v) is 3.71. The molecule has 2 aromatic rings. The second-order valence-electron chi connectivity index (χ2n) is 3.71. The van der Waals surface area contributed by atoms with Gasteiger partial charge in [0.25, 0.3) is 0 Å². The number of benzene rings is 1. The number of para-hydroxylation sites is 1. The maximum atomic E-state index is 8.77. The number of nitriles is 1. The van der Waals surface area contributed by atoms with Gasteiger partial charge in [-0.2, -0.15) is 10.2 Å². The number of hydrogen-bond acceptors (Lipinski definition) is 5. The van der Waals surface area contributed by atoms with Crippen molar-refractivity contribution >= 4 is 5.82 Å². The molecule has 2 N–H and O–H groups in total. The van der Waals surface area contributed by atoms with Crippen LogP contribution in [0.3, 0.4) is 0 Å². The summed E-state index contributed by atoms with van der Waals surface area (Å²) in [5.41, 5.74) is 7.57. The van der Waals surface area contributed by atoms with Crippen LogP contribution in [-0.4, -0.2) is 9.97 Å². The van der Waals surface area contributed by atoms with Crippen LogP contribution in [0.4, 0.5) is 5.82 Å². The van der Waals surface area contributed by atoms with E-state index in [2.05, 4.69) is 9.97 Å². The third-order valence-electron chi connectivity index (χ3n) is 2.65. The average Bonchev–Trinajstić information content (AvgIpc) is 2.36. The van der Waals surface area contributed by atoms with Crippen LogP contribution in [0.25, 0.3) is 0 Å². The van der Waals surface area contributed by atoms with E-state index in [9.17, 15) is 0 Å². The highest BCUT2D eigenvalue weighted by Gasteiger charge is 2.21. The van der Waals surface area contributed by atoms with Gasteiger partial charge in [-0.05, 0) is 11.6 Å². The van der Waals surface area contributed by atoms with Crippen LogP contribution in [0.5, 0.6) is 11.6 Å². The summed E-state index contributed by atoms with van der Waals surface area (Å²) in [4.78, 5) is 7.92. The van der Waals surface area contributed by atoms with E-state index in [1.54, 1.807) is 0 Å². The van der Waals surface area contributed by atoms with Gasteiger partial charge in [0.2, 0.25) is 11.7 Å². The van der Waals surface area contributed by atoms with Crippen molar-refractivity contribution in [3.8, 4) is 17.7 Å². The molecule has 0 saturated carbocycles. The van der Waals surface area contributed by atoms with Crippen molar-refractivity contribution in [3.63, 3.8) is 0 Å². The van der Waals surface area contributed by atoms with Crippen LogP contribution in [0.15, 0.2) is 24.3 Å². The van der Waals surface area contributed by atoms with E-state index in [0.717, 1.165) is 16.9 Å². The fourth-order valence-corrected chi connectivity index (χ4v) is 1.82. The lowest BCUT2D eigenvalue weighted by atomic mass is 10.0. The SMILES string of the molecule is N#Cc1nc(N)c2c(n1)Oc1ccccc1C2. The van der Waals surface area contributed by atoms with E-state index in [4.69, 9.17) is 15.7 Å². The van der Waals surface area contributed by atoms with E-state index >= 15 is 0 Å². The third-order valence-corrected chi connectivity index (χ3v) is 2.65. The Hall–Kier alpha value is -2.61. The molecule has 1 aromatic heterocycles. The first-order valence-corrected chi connectivity index (χ1v) is 5.10. The van der Waals surface area contributed by atoms with Gasteiger partial charge in [-0.3, -0.25) is 0 Å². The monoisotopic (exact) mass is 224 g/mol. The lowest BCUT2D eigenvalue weighted by Crippen LogP contribution is -2.10. The van der Waals surface area contributed by atoms with E-state index in [1.165, 1.54) is 0 Å². The molecular formula is C12H8N4O. The number of rotatable bonds is 0. The molecule has 5 heteroatoms. The van der Waals surface area contributed by atoms with E-state index in [1.807, 2.05) is 30.3 Å². The molecule has 0 saturated heterocycles. The first-order chi connectivity index (χ1) is 8.28. The largest absolute Gasteiger partial charge is 0.438 e. The first-order valence-electron chi connectivity index (χ1n) is 5.10. The number of hydrogen-bond donors (Lipinski definition) is 1. The fourth-order valence-electron chi connectivity index (χ4n) is 1.82. The molecule has 1 aliphatic heterocycles. The number of fused-ring (bicyclic) bond motifs is 2. The van der Waals surface area contributed by atoms with Gasteiger partial charge in [-0.15, -0.1) is 0 Å². The molecule has 0 fully saturated rings. The molecule has 1 aliphatic rings. The molecule has 0 amide bonds. The van der Waals surface area contributed by atoms with Crippen molar-refractivity contribution in [2.75, 3.05) is 5.73 Å². The Bertz CT molecular complexity index is 645. The predicted molar refractivity (Wildman–Crippen MR) is 60.5 cm³/mol. The standard InChI is InChI=1S/C12H8N4O/c13-6-10-15-11(14)8-5-7-3-1-2-4-9(7)17-12(8)16-10/h1-4H,5H2,(H2,14,15,16). The minimum Gasteiger partial charge on any atom is -0.438 e. The lowest BCUT2D eigenvalue weighted by molar-refractivity contribution is 0.439. The molecule has 0 aliphatic carbocycles. The molecule has 0 unspecified atom stereocenters. The normalized spacial score (nSPS) is 11.9. The minimum atomic E-state index is 0.0284. The number of anilines is 1. The van der Waals surface area contributed by atoms with Crippen molar-refractivity contribution in [3.05, 3.63) is 41.2 Å². The van der Waals surface area contributed by atoms with Crippen molar-refractivity contribution in [1.82, 2.24) is 9.97 Å². The van der Waals surface area contributed by atoms with Gasteiger partial charge in [-0.25, -0.2) is 4.98 Å². The van der Waals surface area contributed by atoms with Crippen LogP contribution in [0.2, 0.25) is 0 Å². The molecule has 3 rings (SSSR count). The highest BCUT2D eigenvalue weighted by molar-refractivity contribution is 5.55. The van der Waals surface area contributed by atoms with Crippen LogP contribution in [0.1, 0.15) is 17.0 Å². The minimum absolute atomic E-state index is 0.0284. The van der Waals surface area contributed by atoms with Crippen molar-refractivity contribution in [2.24, 2.45) is 0 Å². The zero-order valence-electron chi connectivity index (χ0n) is 8.84. The topological polar surface area (TPSA) is 84.8 Å². The number of nitrogen functional groups attached to an aromatic ring is 1. The van der Waals surface area contributed by atoms with Crippen molar-refractivity contribution < 1.29 is 4.74 Å². The smallest absolute Gasteiger partial charge is 0.237 e. The van der Waals surface area contributed by atoms with Crippen LogP contribution < -0.4 is 10.5 Å². The molecule has 1 aromatic carbocycles. The molecule has 0 spiro atoms. The van der Waals surface area contributed by atoms with Gasteiger partial charge in [0, 0.05) is 6.42 Å². The van der Waals surface area contributed by atoms with Crippen LogP contribution >= 0.6 is 0 Å². The Morgan fingerprint density at radius 2 is 2.12 bits per heavy atom. The molecule has 0 atom stereocenters. The summed E-state index contributed by atoms with van der Waals surface area (Å²) < 4.78 is 5.62. The molecule has 0 radical (unpaired) electrons. The summed E-state index contributed by atoms with van der Waals surface area (Å²) in [5.74, 6) is 1.47. The summed E-state index contributed by atoms with van der Waals surface area (Å²) >= 11 is 0. The second kappa shape index (κ2) is 3.46. The Morgan fingerprint density at radius 3 is 2.94 bits per heavy atom. The number of aromatic nitrogens is 2. The highest BCUT2D eigenvalue weighted by Crippen LogP contribution is 2.36. The Balaban J connectivity index is 2.15. The van der Waals surface area contributed by atoms with E-state index < -0.39 is 0 Å². The van der Waals surface area contributed by atoms with Gasteiger partial charge in [-0.1, -0.05) is 18.2 Å². The Morgan fingerprint density at radius 1 is 1.29 bits per heavy atom. The van der Waals surface area contributed by atoms with Gasteiger partial charge in [0.1, 0.15) is 17.6 Å². The molecule has 0 bridgehead atoms. The molecular weight excluding hydrogens is 216 g/mol. The molecule has 2 heterocycles. The van der Waals surface area contributed by atoms with Gasteiger partial charge >= 0.3 is 0 Å². The lowest BCUT2D eigenvalue weighted by Gasteiger charge is -2.19. The summed E-state index contributed by atoms with van der Waals surface area (Å²) in [5, 5.41) is 8.77. The third kappa shape index (κ3) is 1.47. The zero-order valence-corrected chi connectivity index (χ0v) is 8.84. The number of ether oxygens (including phenoxy) is 1. The maximum Gasteiger partial charge on any atom is 0.237 e. The molecule has 5 nitrogen and oxygen atoms in total. The first kappa shape index (κ1) is 9.60. The van der Waals surface area contributed by atoms with Crippen LogP contribution in [-0.2, 0) is 6.42 Å². The summed E-state index contributed by atoms with van der Waals surface area (Å²) in [7, 11) is 0. The fraction of sp³-hybridized carbons (Fsp3) is 0.0833. The van der Waals surface area contributed by atoms with E-state index in [0.29, 0.717) is 18.1 Å². The quantitative estimate of drug-likeness (QED) is 0.627. The number of nitrogens with two attached hydrogens (primary N) is 1. The Kier molecular flexibility index (Phi) is 1.95.